The zero-order valence-electron chi connectivity index (χ0n) is 7.69. The summed E-state index contributed by atoms with van der Waals surface area (Å²) >= 11 is 9.10. The Bertz CT molecular complexity index is 347. The second kappa shape index (κ2) is 3.82. The Balaban J connectivity index is 2.17. The van der Waals surface area contributed by atoms with Crippen molar-refractivity contribution in [3.63, 3.8) is 0 Å². The third kappa shape index (κ3) is 2.12. The number of hydrogen-bond donors (Lipinski definition) is 0. The molecular weight excluding hydrogens is 266 g/mol. The van der Waals surface area contributed by atoms with Crippen molar-refractivity contribution in [3.8, 4) is 0 Å². The molecule has 0 spiro atoms. The molecule has 0 N–H and O–H groups in total. The molecule has 0 saturated heterocycles. The van der Waals surface area contributed by atoms with Crippen LogP contribution >= 0.6 is 27.5 Å². The molecule has 1 aromatic carbocycles. The lowest BCUT2D eigenvalue weighted by Crippen LogP contribution is -2.07. The summed E-state index contributed by atoms with van der Waals surface area (Å²) in [7, 11) is 0. The van der Waals surface area contributed by atoms with Gasteiger partial charge in [-0.15, -0.1) is 11.6 Å². The van der Waals surface area contributed by atoms with Gasteiger partial charge in [0.2, 0.25) is 0 Å². The Hall–Kier alpha value is -0.0800. The quantitative estimate of drug-likeness (QED) is 0.728. The maximum Gasteiger partial charge on any atom is 0.127 e. The van der Waals surface area contributed by atoms with Gasteiger partial charge in [0.25, 0.3) is 0 Å². The first kappa shape index (κ1) is 10.4. The van der Waals surface area contributed by atoms with Crippen LogP contribution in [0.25, 0.3) is 0 Å². The Kier molecular flexibility index (Phi) is 2.85. The molecular formula is C11H11BrClF. The highest BCUT2D eigenvalue weighted by Crippen LogP contribution is 2.49. The molecule has 3 heteroatoms. The summed E-state index contributed by atoms with van der Waals surface area (Å²) in [4.78, 5) is 0. The molecule has 0 radical (unpaired) electrons. The molecule has 1 aliphatic carbocycles. The van der Waals surface area contributed by atoms with Crippen LogP contribution in [0.3, 0.4) is 0 Å². The van der Waals surface area contributed by atoms with Gasteiger partial charge in [0, 0.05) is 10.4 Å². The van der Waals surface area contributed by atoms with Crippen molar-refractivity contribution in [1.82, 2.24) is 0 Å². The highest BCUT2D eigenvalue weighted by molar-refractivity contribution is 9.10. The Morgan fingerprint density at radius 2 is 2.14 bits per heavy atom. The highest BCUT2D eigenvalue weighted by Gasteiger charge is 2.42. The predicted octanol–water partition coefficient (Wildman–Crippen LogP) is 4.15. The Labute approximate surface area is 96.6 Å². The van der Waals surface area contributed by atoms with E-state index in [1.165, 1.54) is 6.07 Å². The van der Waals surface area contributed by atoms with Gasteiger partial charge in [-0.25, -0.2) is 4.39 Å². The molecule has 0 atom stereocenters. The minimum atomic E-state index is -0.129. The Morgan fingerprint density at radius 1 is 1.43 bits per heavy atom. The van der Waals surface area contributed by atoms with Crippen LogP contribution in [0.5, 0.6) is 0 Å². The minimum Gasteiger partial charge on any atom is -0.207 e. The van der Waals surface area contributed by atoms with E-state index in [-0.39, 0.29) is 11.2 Å². The van der Waals surface area contributed by atoms with Gasteiger partial charge < -0.3 is 0 Å². The van der Waals surface area contributed by atoms with Crippen molar-refractivity contribution in [1.29, 1.82) is 0 Å². The number of rotatable bonds is 3. The topological polar surface area (TPSA) is 0 Å². The molecule has 1 aromatic rings. The fourth-order valence-corrected chi connectivity index (χ4v) is 2.30. The Morgan fingerprint density at radius 3 is 2.64 bits per heavy atom. The molecule has 1 fully saturated rings. The summed E-state index contributed by atoms with van der Waals surface area (Å²) in [6, 6.07) is 5.23. The van der Waals surface area contributed by atoms with Gasteiger partial charge in [-0.05, 0) is 42.4 Å². The second-order valence-corrected chi connectivity index (χ2v) is 5.23. The van der Waals surface area contributed by atoms with E-state index < -0.39 is 0 Å². The van der Waals surface area contributed by atoms with Crippen LogP contribution in [0, 0.1) is 11.2 Å². The van der Waals surface area contributed by atoms with E-state index in [2.05, 4.69) is 15.9 Å². The largest absolute Gasteiger partial charge is 0.207 e. The van der Waals surface area contributed by atoms with Gasteiger partial charge in [0.05, 0.1) is 0 Å². The maximum absolute atomic E-state index is 13.5. The number of alkyl halides is 1. The van der Waals surface area contributed by atoms with Gasteiger partial charge in [-0.2, -0.15) is 0 Å². The van der Waals surface area contributed by atoms with Gasteiger partial charge in [0.15, 0.2) is 0 Å². The third-order valence-electron chi connectivity index (χ3n) is 2.82. The summed E-state index contributed by atoms with van der Waals surface area (Å²) in [5.41, 5.74) is 0.974. The molecule has 76 valence electrons. The summed E-state index contributed by atoms with van der Waals surface area (Å²) in [6.07, 6.45) is 3.04. The smallest absolute Gasteiger partial charge is 0.127 e. The van der Waals surface area contributed by atoms with E-state index in [4.69, 9.17) is 11.6 Å². The molecule has 1 saturated carbocycles. The van der Waals surface area contributed by atoms with E-state index in [0.29, 0.717) is 5.88 Å². The first-order chi connectivity index (χ1) is 6.65. The summed E-state index contributed by atoms with van der Waals surface area (Å²) in [5, 5.41) is 0. The van der Waals surface area contributed by atoms with Crippen LogP contribution in [0.1, 0.15) is 18.4 Å². The molecule has 14 heavy (non-hydrogen) atoms. The normalized spacial score (nSPS) is 18.2. The van der Waals surface area contributed by atoms with Crippen molar-refractivity contribution in [3.05, 3.63) is 34.1 Å². The molecule has 0 nitrogen and oxygen atoms in total. The lowest BCUT2D eigenvalue weighted by Gasteiger charge is -2.11. The minimum absolute atomic E-state index is 0.129. The lowest BCUT2D eigenvalue weighted by atomic mass is 9.98. The van der Waals surface area contributed by atoms with Crippen molar-refractivity contribution >= 4 is 27.5 Å². The van der Waals surface area contributed by atoms with Gasteiger partial charge in [-0.3, -0.25) is 0 Å². The summed E-state index contributed by atoms with van der Waals surface area (Å²) in [6.45, 7) is 0. The molecule has 0 bridgehead atoms. The van der Waals surface area contributed by atoms with Gasteiger partial charge in [-0.1, -0.05) is 22.0 Å². The van der Waals surface area contributed by atoms with Crippen LogP contribution in [-0.2, 0) is 6.42 Å². The van der Waals surface area contributed by atoms with Gasteiger partial charge in [0.1, 0.15) is 5.82 Å². The van der Waals surface area contributed by atoms with Crippen LogP contribution in [0.4, 0.5) is 4.39 Å². The lowest BCUT2D eigenvalue weighted by molar-refractivity contribution is 0.539. The maximum atomic E-state index is 13.5. The molecule has 0 aromatic heterocycles. The first-order valence-corrected chi connectivity index (χ1v) is 5.98. The van der Waals surface area contributed by atoms with E-state index in [1.54, 1.807) is 0 Å². The van der Waals surface area contributed by atoms with Crippen LogP contribution in [0.15, 0.2) is 22.7 Å². The SMILES string of the molecule is Fc1cc(Br)ccc1CC1(CCl)CC1. The van der Waals surface area contributed by atoms with Gasteiger partial charge >= 0.3 is 0 Å². The van der Waals surface area contributed by atoms with E-state index in [0.717, 1.165) is 29.3 Å². The predicted molar refractivity (Wildman–Crippen MR) is 60.2 cm³/mol. The second-order valence-electron chi connectivity index (χ2n) is 4.05. The average molecular weight is 278 g/mol. The van der Waals surface area contributed by atoms with Crippen LogP contribution in [0.2, 0.25) is 0 Å². The average Bonchev–Trinajstić information content (AvgIpc) is 2.91. The first-order valence-electron chi connectivity index (χ1n) is 4.65. The standard InChI is InChI=1S/C11H11BrClF/c12-9-2-1-8(10(14)5-9)6-11(7-13)3-4-11/h1-2,5H,3-4,6-7H2. The van der Waals surface area contributed by atoms with Crippen LogP contribution in [-0.4, -0.2) is 5.88 Å². The number of benzene rings is 1. The molecule has 0 heterocycles. The molecule has 0 amide bonds. The highest BCUT2D eigenvalue weighted by atomic mass is 79.9. The van der Waals surface area contributed by atoms with Crippen molar-refractivity contribution in [2.45, 2.75) is 19.3 Å². The number of halogens is 3. The van der Waals surface area contributed by atoms with E-state index >= 15 is 0 Å². The summed E-state index contributed by atoms with van der Waals surface area (Å²) in [5.74, 6) is 0.512. The summed E-state index contributed by atoms with van der Waals surface area (Å²) < 4.78 is 14.3. The van der Waals surface area contributed by atoms with E-state index in [9.17, 15) is 4.39 Å². The van der Waals surface area contributed by atoms with Crippen molar-refractivity contribution in [2.24, 2.45) is 5.41 Å². The fourth-order valence-electron chi connectivity index (χ4n) is 1.60. The zero-order valence-corrected chi connectivity index (χ0v) is 10.0. The van der Waals surface area contributed by atoms with Crippen LogP contribution < -0.4 is 0 Å². The zero-order chi connectivity index (χ0) is 10.2. The van der Waals surface area contributed by atoms with E-state index in [1.807, 2.05) is 12.1 Å². The fraction of sp³-hybridized carbons (Fsp3) is 0.455. The van der Waals surface area contributed by atoms with Crippen molar-refractivity contribution in [2.75, 3.05) is 5.88 Å². The van der Waals surface area contributed by atoms with Crippen molar-refractivity contribution < 1.29 is 4.39 Å². The molecule has 1 aliphatic rings. The monoisotopic (exact) mass is 276 g/mol. The molecule has 0 unspecified atom stereocenters. The molecule has 0 aliphatic heterocycles. The third-order valence-corrected chi connectivity index (χ3v) is 3.88. The number of hydrogen-bond acceptors (Lipinski definition) is 0. The molecule has 2 rings (SSSR count).